The molecule has 1 aliphatic carbocycles. The molecule has 34 nitrogen and oxygen atoms in total. The summed E-state index contributed by atoms with van der Waals surface area (Å²) in [5, 5.41) is 25.6. The van der Waals surface area contributed by atoms with Gasteiger partial charge in [-0.15, -0.1) is 11.8 Å². The number of primary amides is 1. The summed E-state index contributed by atoms with van der Waals surface area (Å²) in [7, 11) is -21.4. The first-order valence-corrected chi connectivity index (χ1v) is 52.3. The number of rotatable bonds is 61. The Morgan fingerprint density at radius 1 is 0.579 bits per heavy atom. The van der Waals surface area contributed by atoms with Crippen molar-refractivity contribution in [2.24, 2.45) is 5.73 Å². The number of imide groups is 1. The van der Waals surface area contributed by atoms with Gasteiger partial charge in [0, 0.05) is 128 Å². The average molecular weight is 1960 g/mol. The molecule has 5 atom stereocenters. The van der Waals surface area contributed by atoms with Gasteiger partial charge in [-0.25, -0.2) is 17.7 Å². The number of alkyl halides is 4. The summed E-state index contributed by atoms with van der Waals surface area (Å²) in [5.41, 5.74) is -3.07. The Labute approximate surface area is 776 Å². The van der Waals surface area contributed by atoms with E-state index in [9.17, 15) is 111 Å². The van der Waals surface area contributed by atoms with Crippen LogP contribution in [0.15, 0.2) is 117 Å². The zero-order valence-electron chi connectivity index (χ0n) is 75.5. The molecule has 0 bridgehead atoms. The predicted molar refractivity (Wildman–Crippen MR) is 495 cm³/mol. The highest BCUT2D eigenvalue weighted by Crippen LogP contribution is 2.60. The van der Waals surface area contributed by atoms with E-state index in [1.165, 1.54) is 57.1 Å². The lowest BCUT2D eigenvalue weighted by molar-refractivity contribution is -0.141. The molecule has 9 amide bonds. The Morgan fingerprint density at radius 2 is 1.09 bits per heavy atom. The van der Waals surface area contributed by atoms with E-state index in [1.807, 2.05) is 64.1 Å². The van der Waals surface area contributed by atoms with Crippen LogP contribution in [0.2, 0.25) is 0 Å². The molecule has 2 aliphatic heterocycles. The van der Waals surface area contributed by atoms with Gasteiger partial charge in [-0.2, -0.15) is 26.0 Å². The fourth-order valence-corrected chi connectivity index (χ4v) is 19.5. The zero-order valence-corrected chi connectivity index (χ0v) is 79.8. The third-order valence-electron chi connectivity index (χ3n) is 23.0. The molecule has 43 heteroatoms. The standard InChI is InChI=1S/C90H125F4N11O23P2S3/c1-6-11-12-13-14-15-16-17-18-19-20-26-49-96-85(113)70(30-25-28-51-98-132(123,124)66-44-47-69(77(56-66)133(125,126)127)83-67-45-42-64(103(7-2)8-3)54-74(67)128-75-55-65(43-46-68(75)83)104(9-4)10-5)99-78(106)32-24-22-29-52-105-81(109)58-76(88(105)116)131-59-73(84(95)112)101-79(107)31-23-21-27-50-97-86(114)71(53-61-35-40-63(41-36-61)90(93,94)130(120,121)122)102-87(115)72(57-82(110)111)100-80(108)48-37-60-33-38-62(39-34-60)89(91,92)129(117,118)119/h33-36,38-47,54-56,70-73,76,98H,6-32,37,48-53,57-59H2,1-5H3,(H13-,95,96,97,99,100,101,102,106,107,108,110,111,112,113,114,115,117,118,119,120,121,122,125,126,127)/p+1/t70-,71+,72+,73+,76?/m1/s1. The van der Waals surface area contributed by atoms with E-state index in [0.29, 0.717) is 98.4 Å². The molecule has 2 heterocycles. The van der Waals surface area contributed by atoms with Crippen LogP contribution in [0.3, 0.4) is 0 Å². The number of carbonyl (C=O) groups is 10. The molecule has 0 aromatic heterocycles. The Hall–Kier alpha value is -9.54. The van der Waals surface area contributed by atoms with E-state index in [0.717, 1.165) is 95.9 Å². The Morgan fingerprint density at radius 3 is 1.63 bits per heavy atom. The molecule has 0 radical (unpaired) electrons. The number of likely N-dealkylation sites (tertiary alicyclic amines) is 1. The predicted octanol–water partition coefficient (Wildman–Crippen LogP) is 10.7. The number of nitrogens with two attached hydrogens (primary N) is 1. The van der Waals surface area contributed by atoms with E-state index >= 15 is 0 Å². The normalized spacial score (nSPS) is 14.3. The van der Waals surface area contributed by atoms with Gasteiger partial charge in [-0.05, 0) is 127 Å². The lowest BCUT2D eigenvalue weighted by Gasteiger charge is -2.23. The molecule has 7 rings (SSSR count). The third kappa shape index (κ3) is 33.5. The first-order valence-electron chi connectivity index (χ1n) is 45.1. The van der Waals surface area contributed by atoms with E-state index in [4.69, 9.17) is 19.9 Å². The fourth-order valence-electron chi connectivity index (χ4n) is 15.4. The monoisotopic (exact) mass is 1960 g/mol. The number of carboxylic acid groups (broad SMARTS) is 1. The van der Waals surface area contributed by atoms with Crippen LogP contribution < -0.4 is 57.2 Å². The Balaban J connectivity index is 0.884. The second-order valence-electron chi connectivity index (χ2n) is 32.9. The minimum atomic E-state index is -6.01. The summed E-state index contributed by atoms with van der Waals surface area (Å²) in [5.74, 6) is -7.93. The number of halogens is 4. The highest BCUT2D eigenvalue weighted by Gasteiger charge is 2.51. The van der Waals surface area contributed by atoms with Crippen LogP contribution in [0.4, 0.5) is 23.2 Å². The number of anilines is 1. The molecule has 0 spiro atoms. The van der Waals surface area contributed by atoms with E-state index in [2.05, 4.69) is 53.0 Å². The maximum atomic E-state index is 14.6. The number of thioether (sulfide) groups is 1. The highest BCUT2D eigenvalue weighted by molar-refractivity contribution is 8.00. The molecule has 1 unspecified atom stereocenters. The number of carboxylic acids is 1. The van der Waals surface area contributed by atoms with Crippen molar-refractivity contribution in [3.63, 3.8) is 0 Å². The number of nitrogens with zero attached hydrogens (tertiary/aromatic N) is 3. The van der Waals surface area contributed by atoms with Gasteiger partial charge in [0.2, 0.25) is 68.5 Å². The summed E-state index contributed by atoms with van der Waals surface area (Å²) >= 11 is 0.936. The topological polar surface area (TPSA) is 527 Å². The maximum absolute atomic E-state index is 14.6. The van der Waals surface area contributed by atoms with E-state index in [-0.39, 0.29) is 106 Å². The van der Waals surface area contributed by atoms with Gasteiger partial charge in [0.25, 0.3) is 10.1 Å². The highest BCUT2D eigenvalue weighted by atomic mass is 32.2. The van der Waals surface area contributed by atoms with Gasteiger partial charge in [0.05, 0.1) is 22.6 Å². The first-order chi connectivity index (χ1) is 62.9. The molecule has 4 aromatic carbocycles. The van der Waals surface area contributed by atoms with Crippen molar-refractivity contribution in [1.82, 2.24) is 46.1 Å². The van der Waals surface area contributed by atoms with Gasteiger partial charge < -0.3 is 71.6 Å². The Kier molecular flexibility index (Phi) is 43.6. The second kappa shape index (κ2) is 52.5. The van der Waals surface area contributed by atoms with Crippen LogP contribution in [0, 0.1) is 0 Å². The molecule has 0 saturated carbocycles. The summed E-state index contributed by atoms with van der Waals surface area (Å²) in [6.07, 6.45) is 12.9. The number of amides is 9. The van der Waals surface area contributed by atoms with Gasteiger partial charge in [0.1, 0.15) is 53.5 Å². The summed E-state index contributed by atoms with van der Waals surface area (Å²) in [4.78, 5) is 171. The molecular weight excluding hydrogens is 1840 g/mol. The van der Waals surface area contributed by atoms with Crippen molar-refractivity contribution in [3.05, 3.63) is 131 Å². The van der Waals surface area contributed by atoms with Gasteiger partial charge in [0.15, 0.2) is 0 Å². The van der Waals surface area contributed by atoms with Crippen molar-refractivity contribution < 1.29 is 125 Å². The number of fused-ring (bicyclic) bond motifs is 2. The molecule has 15 N–H and O–H groups in total. The minimum absolute atomic E-state index is 0.00180. The van der Waals surface area contributed by atoms with Crippen molar-refractivity contribution in [2.75, 3.05) is 63.0 Å². The average Bonchev–Trinajstić information content (AvgIpc) is 0.973. The van der Waals surface area contributed by atoms with Gasteiger partial charge >= 0.3 is 32.5 Å². The van der Waals surface area contributed by atoms with E-state index < -0.39 is 175 Å². The summed E-state index contributed by atoms with van der Waals surface area (Å²) in [6, 6.07) is 15.8. The zero-order chi connectivity index (χ0) is 98.0. The molecular formula is C90H126F4N11O23P2S3+. The quantitative estimate of drug-likeness (QED) is 0.00321. The number of nitrogens with one attached hydrogen (secondary N) is 7. The van der Waals surface area contributed by atoms with Crippen molar-refractivity contribution in [2.45, 2.75) is 265 Å². The summed E-state index contributed by atoms with van der Waals surface area (Å²) < 4.78 is 158. The molecule has 1 saturated heterocycles. The number of sulfonamides is 1. The van der Waals surface area contributed by atoms with Crippen LogP contribution in [-0.2, 0) is 101 Å². The number of aryl methyl sites for hydroxylation is 1. The molecule has 1 fully saturated rings. The molecule has 3 aliphatic rings. The maximum Gasteiger partial charge on any atom is 0.399 e. The summed E-state index contributed by atoms with van der Waals surface area (Å²) in [6.45, 7) is 13.1. The van der Waals surface area contributed by atoms with Crippen molar-refractivity contribution >= 4 is 123 Å². The lowest BCUT2D eigenvalue weighted by Crippen LogP contribution is -2.55. The van der Waals surface area contributed by atoms with Crippen molar-refractivity contribution in [1.29, 1.82) is 0 Å². The number of aliphatic carboxylic acids is 1. The van der Waals surface area contributed by atoms with Crippen molar-refractivity contribution in [3.8, 4) is 22.5 Å². The molecule has 4 aromatic rings. The van der Waals surface area contributed by atoms with Crippen LogP contribution >= 0.6 is 27.0 Å². The fraction of sp³-hybridized carbons (Fsp3) is 0.544. The van der Waals surface area contributed by atoms with Gasteiger partial charge in [-0.1, -0.05) is 145 Å². The minimum Gasteiger partial charge on any atom is -0.481 e. The second-order valence-corrected chi connectivity index (χ2v) is 40.6. The number of hydrogen-bond donors (Lipinski definition) is 14. The number of benzene rings is 5. The molecule has 734 valence electrons. The largest absolute Gasteiger partial charge is 0.481 e. The Bertz CT molecular complexity index is 5370. The number of carbonyl (C=O) groups excluding carboxylic acids is 9. The third-order valence-corrected chi connectivity index (χ3v) is 28.7. The molecule has 133 heavy (non-hydrogen) atoms. The first kappa shape index (κ1) is 110. The number of hydrogen-bond acceptors (Lipinski definition) is 19. The van der Waals surface area contributed by atoms with Crippen LogP contribution in [-0.4, -0.2) is 198 Å². The lowest BCUT2D eigenvalue weighted by atomic mass is 9.93. The van der Waals surface area contributed by atoms with E-state index in [1.54, 1.807) is 0 Å². The van der Waals surface area contributed by atoms with Crippen LogP contribution in [0.25, 0.3) is 33.4 Å². The van der Waals surface area contributed by atoms with Crippen LogP contribution in [0.5, 0.6) is 0 Å². The SMILES string of the molecule is CCCCCCCCCCCCCCNC(=O)[C@@H](CCCCNS(=O)(=O)c1ccc(-c2c3ccc(=[N+](CC)CC)cc-3oc3cc(N(CC)CC)ccc23)c(S(=O)(=O)O)c1)NC(=O)CCCCCN1C(=O)CC(SC[C@H](NC(=O)CCCCCNC(=O)[C@H](Cc2ccc(C(F)(F)P(=O)(O)O)cc2)NC(=O)[C@H](CC(=O)O)NC(=O)CCc2ccc(C(F)(F)P(=O)(O)O)cc2)C(N)=O)C1=O. The smallest absolute Gasteiger partial charge is 0.399 e. The number of unbranched alkanes of at least 4 members (excludes halogenated alkanes) is 16. The van der Waals surface area contributed by atoms with Crippen LogP contribution in [0.1, 0.15) is 224 Å². The van der Waals surface area contributed by atoms with Gasteiger partial charge in [-0.3, -0.25) is 66.5 Å².